The van der Waals surface area contributed by atoms with Crippen LogP contribution in [-0.4, -0.2) is 58.6 Å². The van der Waals surface area contributed by atoms with Gasteiger partial charge in [-0.3, -0.25) is 9.69 Å². The number of aromatic amines is 1. The van der Waals surface area contributed by atoms with Crippen molar-refractivity contribution in [3.05, 3.63) is 35.5 Å². The lowest BCUT2D eigenvalue weighted by atomic mass is 9.92. The van der Waals surface area contributed by atoms with Crippen LogP contribution in [0.3, 0.4) is 0 Å². The zero-order chi connectivity index (χ0) is 19.7. The minimum absolute atomic E-state index is 0.138. The molecule has 2 N–H and O–H groups in total. The number of nitrogens with one attached hydrogen (secondary N) is 2. The molecule has 150 valence electrons. The molecule has 1 aliphatic carbocycles. The van der Waals surface area contributed by atoms with Crippen LogP contribution in [0.2, 0.25) is 0 Å². The van der Waals surface area contributed by atoms with Crippen LogP contribution in [-0.2, 0) is 0 Å². The van der Waals surface area contributed by atoms with E-state index in [4.69, 9.17) is 5.41 Å². The number of carbonyl (C=O) groups is 1. The van der Waals surface area contributed by atoms with E-state index in [9.17, 15) is 4.79 Å². The minimum Gasteiger partial charge on any atom is -0.361 e. The standard InChI is InChI=1S/C23H32N4O/c1-3-19(16(2)24)21-15-25-22-14-17(8-9-20(21)22)23(28)27-12-10-26(11-13-27)18-6-4-5-7-18/h8-9,14-15,18-19,24-25H,3-7,10-13H2,1-2H3. The first kappa shape index (κ1) is 19.2. The van der Waals surface area contributed by atoms with Gasteiger partial charge in [0.15, 0.2) is 0 Å². The lowest BCUT2D eigenvalue weighted by molar-refractivity contribution is 0.0573. The van der Waals surface area contributed by atoms with Gasteiger partial charge in [0, 0.05) is 66.5 Å². The van der Waals surface area contributed by atoms with Crippen molar-refractivity contribution < 1.29 is 4.79 Å². The van der Waals surface area contributed by atoms with E-state index in [2.05, 4.69) is 22.9 Å². The predicted octanol–water partition coefficient (Wildman–Crippen LogP) is 4.40. The Labute approximate surface area is 167 Å². The van der Waals surface area contributed by atoms with Crippen molar-refractivity contribution in [2.75, 3.05) is 26.2 Å². The minimum atomic E-state index is 0.138. The van der Waals surface area contributed by atoms with Gasteiger partial charge in [0.2, 0.25) is 0 Å². The van der Waals surface area contributed by atoms with Crippen molar-refractivity contribution in [2.45, 2.75) is 57.9 Å². The first-order valence-electron chi connectivity index (χ1n) is 10.8. The van der Waals surface area contributed by atoms with Gasteiger partial charge in [0.25, 0.3) is 5.91 Å². The average molecular weight is 381 g/mol. The van der Waals surface area contributed by atoms with E-state index in [1.54, 1.807) is 0 Å². The molecule has 1 saturated heterocycles. The van der Waals surface area contributed by atoms with Crippen LogP contribution in [0.5, 0.6) is 0 Å². The molecule has 5 nitrogen and oxygen atoms in total. The number of piperazine rings is 1. The summed E-state index contributed by atoms with van der Waals surface area (Å²) >= 11 is 0. The Bertz CT molecular complexity index is 857. The predicted molar refractivity (Wildman–Crippen MR) is 114 cm³/mol. The van der Waals surface area contributed by atoms with E-state index in [0.29, 0.717) is 5.71 Å². The third-order valence-corrected chi connectivity index (χ3v) is 6.71. The molecule has 1 aromatic carbocycles. The van der Waals surface area contributed by atoms with Gasteiger partial charge < -0.3 is 15.3 Å². The summed E-state index contributed by atoms with van der Waals surface area (Å²) in [6.07, 6.45) is 8.29. The molecular weight excluding hydrogens is 348 g/mol. The zero-order valence-corrected chi connectivity index (χ0v) is 17.1. The number of amides is 1. The second kappa shape index (κ2) is 8.08. The van der Waals surface area contributed by atoms with Gasteiger partial charge in [-0.1, -0.05) is 25.8 Å². The molecule has 2 aliphatic rings. The molecule has 1 aromatic heterocycles. The maximum absolute atomic E-state index is 13.0. The highest BCUT2D eigenvalue weighted by Crippen LogP contribution is 2.30. The van der Waals surface area contributed by atoms with Crippen molar-refractivity contribution in [3.63, 3.8) is 0 Å². The fourth-order valence-electron chi connectivity index (χ4n) is 5.07. The Morgan fingerprint density at radius 3 is 2.57 bits per heavy atom. The second-order valence-corrected chi connectivity index (χ2v) is 8.41. The Hall–Kier alpha value is -2.14. The van der Waals surface area contributed by atoms with E-state index in [0.717, 1.165) is 60.7 Å². The Morgan fingerprint density at radius 1 is 1.21 bits per heavy atom. The second-order valence-electron chi connectivity index (χ2n) is 8.41. The molecule has 1 saturated carbocycles. The van der Waals surface area contributed by atoms with Crippen molar-refractivity contribution in [1.29, 1.82) is 5.41 Å². The smallest absolute Gasteiger partial charge is 0.254 e. The van der Waals surface area contributed by atoms with Gasteiger partial charge in [0.05, 0.1) is 0 Å². The summed E-state index contributed by atoms with van der Waals surface area (Å²) < 4.78 is 0. The van der Waals surface area contributed by atoms with Crippen LogP contribution in [0.15, 0.2) is 24.4 Å². The van der Waals surface area contributed by atoms with Gasteiger partial charge in [-0.05, 0) is 43.9 Å². The molecule has 1 unspecified atom stereocenters. The van der Waals surface area contributed by atoms with Gasteiger partial charge in [-0.25, -0.2) is 0 Å². The molecule has 0 spiro atoms. The van der Waals surface area contributed by atoms with Crippen LogP contribution in [0.1, 0.15) is 67.8 Å². The largest absolute Gasteiger partial charge is 0.361 e. The van der Waals surface area contributed by atoms with Gasteiger partial charge >= 0.3 is 0 Å². The topological polar surface area (TPSA) is 63.2 Å². The number of nitrogens with zero attached hydrogens (tertiary/aromatic N) is 2. The Balaban J connectivity index is 1.47. The molecule has 0 radical (unpaired) electrons. The van der Waals surface area contributed by atoms with E-state index in [1.165, 1.54) is 25.7 Å². The van der Waals surface area contributed by atoms with Crippen LogP contribution >= 0.6 is 0 Å². The van der Waals surface area contributed by atoms with Crippen LogP contribution in [0.4, 0.5) is 0 Å². The first-order valence-corrected chi connectivity index (χ1v) is 10.8. The highest BCUT2D eigenvalue weighted by atomic mass is 16.2. The third-order valence-electron chi connectivity index (χ3n) is 6.71. The van der Waals surface area contributed by atoms with Crippen LogP contribution in [0, 0.1) is 5.41 Å². The summed E-state index contributed by atoms with van der Waals surface area (Å²) in [6.45, 7) is 7.65. The van der Waals surface area contributed by atoms with Crippen molar-refractivity contribution in [3.8, 4) is 0 Å². The van der Waals surface area contributed by atoms with E-state index in [-0.39, 0.29) is 11.8 Å². The summed E-state index contributed by atoms with van der Waals surface area (Å²) in [4.78, 5) is 21.0. The third kappa shape index (κ3) is 3.60. The Kier molecular flexibility index (Phi) is 5.54. The van der Waals surface area contributed by atoms with Crippen LogP contribution in [0.25, 0.3) is 10.9 Å². The molecule has 1 amide bonds. The fraction of sp³-hybridized carbons (Fsp3) is 0.565. The van der Waals surface area contributed by atoms with Gasteiger partial charge in [0.1, 0.15) is 0 Å². The number of carbonyl (C=O) groups excluding carboxylic acids is 1. The van der Waals surface area contributed by atoms with Crippen molar-refractivity contribution in [2.24, 2.45) is 0 Å². The summed E-state index contributed by atoms with van der Waals surface area (Å²) in [7, 11) is 0. The molecule has 1 atom stereocenters. The molecule has 2 heterocycles. The average Bonchev–Trinajstić information content (AvgIpc) is 3.38. The summed E-state index contributed by atoms with van der Waals surface area (Å²) in [5.41, 5.74) is 3.60. The molecule has 5 heteroatoms. The summed E-state index contributed by atoms with van der Waals surface area (Å²) in [6, 6.07) is 6.73. The lowest BCUT2D eigenvalue weighted by Gasteiger charge is -2.38. The summed E-state index contributed by atoms with van der Waals surface area (Å²) in [5.74, 6) is 0.276. The van der Waals surface area contributed by atoms with E-state index in [1.807, 2.05) is 30.2 Å². The number of hydrogen-bond donors (Lipinski definition) is 2. The number of benzene rings is 1. The number of fused-ring (bicyclic) bond motifs is 1. The van der Waals surface area contributed by atoms with Gasteiger partial charge in [-0.15, -0.1) is 0 Å². The quantitative estimate of drug-likeness (QED) is 0.755. The maximum atomic E-state index is 13.0. The fourth-order valence-corrected chi connectivity index (χ4v) is 5.07. The maximum Gasteiger partial charge on any atom is 0.254 e. The highest BCUT2D eigenvalue weighted by molar-refractivity contribution is 6.00. The van der Waals surface area contributed by atoms with Crippen molar-refractivity contribution in [1.82, 2.24) is 14.8 Å². The molecule has 28 heavy (non-hydrogen) atoms. The summed E-state index contributed by atoms with van der Waals surface area (Å²) in [5, 5.41) is 9.17. The molecular formula is C23H32N4O. The number of hydrogen-bond acceptors (Lipinski definition) is 3. The molecule has 0 bridgehead atoms. The lowest BCUT2D eigenvalue weighted by Crippen LogP contribution is -2.51. The molecule has 4 rings (SSSR count). The molecule has 2 aromatic rings. The van der Waals surface area contributed by atoms with Gasteiger partial charge in [-0.2, -0.15) is 0 Å². The van der Waals surface area contributed by atoms with E-state index < -0.39 is 0 Å². The molecule has 2 fully saturated rings. The zero-order valence-electron chi connectivity index (χ0n) is 17.1. The number of rotatable bonds is 5. The monoisotopic (exact) mass is 380 g/mol. The molecule has 1 aliphatic heterocycles. The number of H-pyrrole nitrogens is 1. The Morgan fingerprint density at radius 2 is 1.93 bits per heavy atom. The SMILES string of the molecule is CCC(C(C)=N)c1c[nH]c2cc(C(=O)N3CCN(C4CCCC4)CC3)ccc12. The highest BCUT2D eigenvalue weighted by Gasteiger charge is 2.28. The van der Waals surface area contributed by atoms with Crippen LogP contribution < -0.4 is 0 Å². The first-order chi connectivity index (χ1) is 13.6. The van der Waals surface area contributed by atoms with Crippen molar-refractivity contribution >= 4 is 22.5 Å². The normalized spacial score (nSPS) is 20.0. The number of aromatic nitrogens is 1. The van der Waals surface area contributed by atoms with E-state index >= 15 is 0 Å².